The first-order chi connectivity index (χ1) is 7.45. The van der Waals surface area contributed by atoms with Crippen LogP contribution in [0, 0.1) is 19.8 Å². The minimum absolute atomic E-state index is 0.0210. The van der Waals surface area contributed by atoms with Crippen LogP contribution >= 0.6 is 11.3 Å². The first-order valence-corrected chi connectivity index (χ1v) is 6.96. The van der Waals surface area contributed by atoms with Gasteiger partial charge >= 0.3 is 0 Å². The zero-order chi connectivity index (χ0) is 12.3. The van der Waals surface area contributed by atoms with Crippen molar-refractivity contribution in [2.45, 2.75) is 53.5 Å². The Morgan fingerprint density at radius 1 is 1.38 bits per heavy atom. The highest BCUT2D eigenvalue weighted by atomic mass is 32.1. The molecule has 0 saturated heterocycles. The Morgan fingerprint density at radius 3 is 2.38 bits per heavy atom. The van der Waals surface area contributed by atoms with Gasteiger partial charge in [-0.3, -0.25) is 0 Å². The summed E-state index contributed by atoms with van der Waals surface area (Å²) in [5, 5.41) is 4.85. The van der Waals surface area contributed by atoms with E-state index in [9.17, 15) is 0 Å². The van der Waals surface area contributed by atoms with Gasteiger partial charge < -0.3 is 5.32 Å². The van der Waals surface area contributed by atoms with Crippen molar-refractivity contribution in [2.75, 3.05) is 6.54 Å². The second-order valence-electron chi connectivity index (χ2n) is 4.70. The van der Waals surface area contributed by atoms with E-state index in [2.05, 4.69) is 46.9 Å². The van der Waals surface area contributed by atoms with Crippen LogP contribution in [0.25, 0.3) is 0 Å². The predicted molar refractivity (Wildman–Crippen MR) is 72.1 cm³/mol. The van der Waals surface area contributed by atoms with E-state index in [4.69, 9.17) is 4.98 Å². The first kappa shape index (κ1) is 13.7. The van der Waals surface area contributed by atoms with Crippen molar-refractivity contribution in [3.05, 3.63) is 15.6 Å². The summed E-state index contributed by atoms with van der Waals surface area (Å²) in [4.78, 5) is 6.06. The number of nitrogens with one attached hydrogen (secondary N) is 1. The van der Waals surface area contributed by atoms with Crippen molar-refractivity contribution < 1.29 is 0 Å². The number of aromatic nitrogens is 1. The minimum Gasteiger partial charge on any atom is -0.306 e. The Morgan fingerprint density at radius 2 is 2.00 bits per heavy atom. The van der Waals surface area contributed by atoms with Gasteiger partial charge in [-0.05, 0) is 33.2 Å². The van der Waals surface area contributed by atoms with E-state index < -0.39 is 0 Å². The minimum atomic E-state index is 0.0210. The summed E-state index contributed by atoms with van der Waals surface area (Å²) in [5.41, 5.74) is 1.19. The summed E-state index contributed by atoms with van der Waals surface area (Å²) in [6, 6.07) is 0. The van der Waals surface area contributed by atoms with E-state index in [1.165, 1.54) is 22.0 Å². The normalized spacial score (nSPS) is 17.1. The maximum atomic E-state index is 4.73. The van der Waals surface area contributed by atoms with Crippen LogP contribution in [0.4, 0.5) is 0 Å². The molecule has 1 heterocycles. The van der Waals surface area contributed by atoms with Gasteiger partial charge in [0.05, 0.1) is 11.2 Å². The third-order valence-electron chi connectivity index (χ3n) is 3.61. The van der Waals surface area contributed by atoms with E-state index in [1.807, 2.05) is 11.3 Å². The fraction of sp³-hybridized carbons (Fsp3) is 0.769. The van der Waals surface area contributed by atoms with Gasteiger partial charge in [-0.15, -0.1) is 11.3 Å². The van der Waals surface area contributed by atoms with Crippen LogP contribution in [0.5, 0.6) is 0 Å². The molecule has 0 bridgehead atoms. The molecule has 1 aromatic heterocycles. The monoisotopic (exact) mass is 240 g/mol. The lowest BCUT2D eigenvalue weighted by molar-refractivity contribution is 0.245. The van der Waals surface area contributed by atoms with Gasteiger partial charge in [-0.1, -0.05) is 27.2 Å². The van der Waals surface area contributed by atoms with E-state index >= 15 is 0 Å². The van der Waals surface area contributed by atoms with Gasteiger partial charge in [0.15, 0.2) is 0 Å². The Kier molecular flexibility index (Phi) is 4.51. The maximum Gasteiger partial charge on any atom is 0.113 e. The summed E-state index contributed by atoms with van der Waals surface area (Å²) in [7, 11) is 0. The molecule has 2 nitrogen and oxygen atoms in total. The number of hydrogen-bond donors (Lipinski definition) is 1. The van der Waals surface area contributed by atoms with E-state index in [-0.39, 0.29) is 5.54 Å². The molecular weight excluding hydrogens is 216 g/mol. The molecule has 1 aromatic rings. The largest absolute Gasteiger partial charge is 0.306 e. The summed E-state index contributed by atoms with van der Waals surface area (Å²) < 4.78 is 0. The topological polar surface area (TPSA) is 24.9 Å². The summed E-state index contributed by atoms with van der Waals surface area (Å²) in [5.74, 6) is 0.595. The van der Waals surface area contributed by atoms with E-state index in [1.54, 1.807) is 0 Å². The zero-order valence-electron chi connectivity index (χ0n) is 11.3. The van der Waals surface area contributed by atoms with Crippen LogP contribution in [0.2, 0.25) is 0 Å². The van der Waals surface area contributed by atoms with Crippen molar-refractivity contribution in [1.29, 1.82) is 0 Å². The molecule has 0 aliphatic rings. The predicted octanol–water partition coefficient (Wildman–Crippen LogP) is 3.63. The fourth-order valence-electron chi connectivity index (χ4n) is 1.93. The van der Waals surface area contributed by atoms with Crippen molar-refractivity contribution in [3.8, 4) is 0 Å². The molecule has 2 unspecified atom stereocenters. The van der Waals surface area contributed by atoms with Crippen LogP contribution in [0.1, 0.15) is 49.7 Å². The highest BCUT2D eigenvalue weighted by Gasteiger charge is 2.34. The fourth-order valence-corrected chi connectivity index (χ4v) is 3.08. The van der Waals surface area contributed by atoms with Crippen LogP contribution < -0.4 is 5.32 Å². The molecule has 92 valence electrons. The highest BCUT2D eigenvalue weighted by molar-refractivity contribution is 7.11. The van der Waals surface area contributed by atoms with Gasteiger partial charge in [0.2, 0.25) is 0 Å². The zero-order valence-corrected chi connectivity index (χ0v) is 12.2. The standard InChI is InChI=1S/C13H24N2S/c1-7-9(3)13(6,14-8-2)12-15-10(4)11(5)16-12/h9,14H,7-8H2,1-6H3. The molecule has 0 aromatic carbocycles. The summed E-state index contributed by atoms with van der Waals surface area (Å²) in [6.07, 6.45) is 1.17. The quantitative estimate of drug-likeness (QED) is 0.850. The van der Waals surface area contributed by atoms with Crippen LogP contribution in [0.15, 0.2) is 0 Å². The van der Waals surface area contributed by atoms with Gasteiger partial charge in [0, 0.05) is 4.88 Å². The molecule has 2 atom stereocenters. The third kappa shape index (κ3) is 2.46. The molecule has 0 spiro atoms. The average Bonchev–Trinajstić information content (AvgIpc) is 2.58. The van der Waals surface area contributed by atoms with Crippen molar-refractivity contribution >= 4 is 11.3 Å². The Labute approximate surface area is 103 Å². The lowest BCUT2D eigenvalue weighted by Crippen LogP contribution is -2.44. The van der Waals surface area contributed by atoms with Gasteiger partial charge in [0.25, 0.3) is 0 Å². The third-order valence-corrected chi connectivity index (χ3v) is 4.93. The molecular formula is C13H24N2S. The van der Waals surface area contributed by atoms with Crippen LogP contribution in [0.3, 0.4) is 0 Å². The number of thiazole rings is 1. The summed E-state index contributed by atoms with van der Waals surface area (Å²) >= 11 is 1.83. The SMILES string of the molecule is CCNC(C)(c1nc(C)c(C)s1)C(C)CC. The Balaban J connectivity index is 3.10. The molecule has 0 aliphatic carbocycles. The molecule has 16 heavy (non-hydrogen) atoms. The molecule has 0 saturated carbocycles. The van der Waals surface area contributed by atoms with Gasteiger partial charge in [-0.25, -0.2) is 4.98 Å². The van der Waals surface area contributed by atoms with Crippen molar-refractivity contribution in [1.82, 2.24) is 10.3 Å². The Bertz CT molecular complexity index is 326. The molecule has 1 rings (SSSR count). The van der Waals surface area contributed by atoms with Crippen LogP contribution in [-0.4, -0.2) is 11.5 Å². The number of rotatable bonds is 5. The molecule has 0 aliphatic heterocycles. The smallest absolute Gasteiger partial charge is 0.113 e. The van der Waals surface area contributed by atoms with Gasteiger partial charge in [-0.2, -0.15) is 0 Å². The lowest BCUT2D eigenvalue weighted by Gasteiger charge is -2.34. The van der Waals surface area contributed by atoms with Crippen molar-refractivity contribution in [2.24, 2.45) is 5.92 Å². The molecule has 1 N–H and O–H groups in total. The average molecular weight is 240 g/mol. The summed E-state index contributed by atoms with van der Waals surface area (Å²) in [6.45, 7) is 14.2. The number of hydrogen-bond acceptors (Lipinski definition) is 3. The maximum absolute atomic E-state index is 4.73. The second-order valence-corrected chi connectivity index (χ2v) is 5.91. The van der Waals surface area contributed by atoms with Crippen LogP contribution in [-0.2, 0) is 5.54 Å². The number of nitrogens with zero attached hydrogens (tertiary/aromatic N) is 1. The Hall–Kier alpha value is -0.410. The van der Waals surface area contributed by atoms with E-state index in [0.717, 1.165) is 6.54 Å². The molecule has 0 fully saturated rings. The first-order valence-electron chi connectivity index (χ1n) is 6.15. The second kappa shape index (κ2) is 5.28. The molecule has 0 radical (unpaired) electrons. The number of aryl methyl sites for hydroxylation is 2. The lowest BCUT2D eigenvalue weighted by atomic mass is 9.85. The molecule has 0 amide bonds. The van der Waals surface area contributed by atoms with Crippen molar-refractivity contribution in [3.63, 3.8) is 0 Å². The highest BCUT2D eigenvalue weighted by Crippen LogP contribution is 2.34. The molecule has 3 heteroatoms. The van der Waals surface area contributed by atoms with E-state index in [0.29, 0.717) is 5.92 Å². The van der Waals surface area contributed by atoms with Gasteiger partial charge in [0.1, 0.15) is 5.01 Å².